The Morgan fingerprint density at radius 3 is 2.60 bits per heavy atom. The fraction of sp³-hybridized carbons (Fsp3) is 0.250. The molecule has 1 aromatic heterocycles. The lowest BCUT2D eigenvalue weighted by Gasteiger charge is -2.06. The first kappa shape index (κ1) is 14.2. The van der Waals surface area contributed by atoms with E-state index in [2.05, 4.69) is 10.1 Å². The van der Waals surface area contributed by atoms with Gasteiger partial charge in [0.1, 0.15) is 11.0 Å². The average Bonchev–Trinajstić information content (AvgIpc) is 2.86. The maximum atomic E-state index is 11.9. The smallest absolute Gasteiger partial charge is 0.242 e. The van der Waals surface area contributed by atoms with Gasteiger partial charge in [-0.25, -0.2) is 8.42 Å². The van der Waals surface area contributed by atoms with Crippen LogP contribution in [-0.4, -0.2) is 29.7 Å². The highest BCUT2D eigenvalue weighted by Crippen LogP contribution is 2.17. The maximum Gasteiger partial charge on any atom is 0.242 e. The van der Waals surface area contributed by atoms with E-state index >= 15 is 0 Å². The van der Waals surface area contributed by atoms with E-state index in [9.17, 15) is 13.2 Å². The van der Waals surface area contributed by atoms with Crippen LogP contribution in [0.2, 0.25) is 0 Å². The molecule has 1 heterocycles. The van der Waals surface area contributed by atoms with Gasteiger partial charge in [-0.3, -0.25) is 4.79 Å². The Kier molecular flexibility index (Phi) is 3.84. The van der Waals surface area contributed by atoms with Gasteiger partial charge < -0.3 is 10.3 Å². The molecule has 1 amide bonds. The molecule has 2 aromatic rings. The Morgan fingerprint density at radius 1 is 1.35 bits per heavy atom. The van der Waals surface area contributed by atoms with E-state index in [1.54, 1.807) is 24.3 Å². The number of benzene rings is 1. The SMILES string of the molecule is CC(C(N)=O)S(=O)(=O)Cc1nc(-c2ccccc2)no1. The summed E-state index contributed by atoms with van der Waals surface area (Å²) in [5.41, 5.74) is 5.70. The number of rotatable bonds is 5. The van der Waals surface area contributed by atoms with Crippen LogP contribution in [0, 0.1) is 0 Å². The molecule has 7 nitrogen and oxygen atoms in total. The van der Waals surface area contributed by atoms with Crippen molar-refractivity contribution in [3.63, 3.8) is 0 Å². The summed E-state index contributed by atoms with van der Waals surface area (Å²) in [5, 5.41) is 2.41. The minimum atomic E-state index is -3.75. The van der Waals surface area contributed by atoms with Gasteiger partial charge in [-0.1, -0.05) is 35.5 Å². The molecule has 20 heavy (non-hydrogen) atoms. The van der Waals surface area contributed by atoms with Gasteiger partial charge in [-0.05, 0) is 6.92 Å². The number of sulfone groups is 1. The number of carbonyl (C=O) groups is 1. The zero-order valence-electron chi connectivity index (χ0n) is 10.7. The minimum Gasteiger partial charge on any atom is -0.369 e. The lowest BCUT2D eigenvalue weighted by Crippen LogP contribution is -2.34. The third kappa shape index (κ3) is 3.02. The van der Waals surface area contributed by atoms with E-state index in [0.717, 1.165) is 0 Å². The van der Waals surface area contributed by atoms with Crippen LogP contribution in [-0.2, 0) is 20.4 Å². The van der Waals surface area contributed by atoms with E-state index in [4.69, 9.17) is 10.3 Å². The van der Waals surface area contributed by atoms with Crippen LogP contribution in [0.4, 0.5) is 0 Å². The van der Waals surface area contributed by atoms with Crippen molar-refractivity contribution in [3.05, 3.63) is 36.2 Å². The quantitative estimate of drug-likeness (QED) is 0.859. The van der Waals surface area contributed by atoms with Gasteiger partial charge in [0.15, 0.2) is 9.84 Å². The summed E-state index contributed by atoms with van der Waals surface area (Å²) in [6.07, 6.45) is 0. The molecule has 0 radical (unpaired) electrons. The van der Waals surface area contributed by atoms with Gasteiger partial charge in [0.2, 0.25) is 17.6 Å². The molecule has 0 aliphatic carbocycles. The number of nitrogens with two attached hydrogens (primary N) is 1. The molecule has 0 bridgehead atoms. The van der Waals surface area contributed by atoms with E-state index < -0.39 is 26.7 Å². The van der Waals surface area contributed by atoms with Crippen molar-refractivity contribution >= 4 is 15.7 Å². The monoisotopic (exact) mass is 295 g/mol. The van der Waals surface area contributed by atoms with Gasteiger partial charge in [0.25, 0.3) is 0 Å². The van der Waals surface area contributed by atoms with E-state index in [1.165, 1.54) is 6.92 Å². The predicted octanol–water partition coefficient (Wildman–Crippen LogP) is 0.525. The topological polar surface area (TPSA) is 116 Å². The van der Waals surface area contributed by atoms with Crippen LogP contribution < -0.4 is 5.73 Å². The number of hydrogen-bond acceptors (Lipinski definition) is 6. The third-order valence-electron chi connectivity index (χ3n) is 2.76. The highest BCUT2D eigenvalue weighted by atomic mass is 32.2. The molecule has 0 saturated carbocycles. The number of amides is 1. The number of hydrogen-bond donors (Lipinski definition) is 1. The number of aromatic nitrogens is 2. The van der Waals surface area contributed by atoms with Crippen molar-refractivity contribution < 1.29 is 17.7 Å². The maximum absolute atomic E-state index is 11.9. The summed E-state index contributed by atoms with van der Waals surface area (Å²) in [6.45, 7) is 1.23. The summed E-state index contributed by atoms with van der Waals surface area (Å²) in [4.78, 5) is 14.9. The second kappa shape index (κ2) is 5.41. The van der Waals surface area contributed by atoms with Crippen LogP contribution in [0.3, 0.4) is 0 Å². The van der Waals surface area contributed by atoms with Gasteiger partial charge >= 0.3 is 0 Å². The van der Waals surface area contributed by atoms with Gasteiger partial charge in [-0.15, -0.1) is 0 Å². The fourth-order valence-corrected chi connectivity index (χ4v) is 2.56. The molecule has 1 unspecified atom stereocenters. The number of primary amides is 1. The average molecular weight is 295 g/mol. The van der Waals surface area contributed by atoms with Crippen LogP contribution in [0.1, 0.15) is 12.8 Å². The first-order chi connectivity index (χ1) is 9.40. The van der Waals surface area contributed by atoms with Crippen LogP contribution >= 0.6 is 0 Å². The van der Waals surface area contributed by atoms with Gasteiger partial charge in [-0.2, -0.15) is 4.98 Å². The first-order valence-corrected chi connectivity index (χ1v) is 7.50. The normalized spacial score (nSPS) is 13.1. The summed E-state index contributed by atoms with van der Waals surface area (Å²) in [7, 11) is -3.75. The molecule has 2 N–H and O–H groups in total. The molecule has 0 saturated heterocycles. The van der Waals surface area contributed by atoms with Gasteiger partial charge in [0.05, 0.1) is 0 Å². The molecule has 0 fully saturated rings. The molecule has 0 aliphatic rings. The van der Waals surface area contributed by atoms with E-state index in [0.29, 0.717) is 11.4 Å². The van der Waals surface area contributed by atoms with Crippen molar-refractivity contribution in [2.75, 3.05) is 0 Å². The van der Waals surface area contributed by atoms with Crippen LogP contribution in [0.15, 0.2) is 34.9 Å². The number of carbonyl (C=O) groups excluding carboxylic acids is 1. The third-order valence-corrected chi connectivity index (χ3v) is 4.72. The van der Waals surface area contributed by atoms with Crippen molar-refractivity contribution in [1.82, 2.24) is 10.1 Å². The predicted molar refractivity (Wildman–Crippen MR) is 71.0 cm³/mol. The fourth-order valence-electron chi connectivity index (χ4n) is 1.49. The molecule has 2 rings (SSSR count). The molecule has 106 valence electrons. The summed E-state index contributed by atoms with van der Waals surface area (Å²) >= 11 is 0. The molecule has 0 aliphatic heterocycles. The van der Waals surface area contributed by atoms with Crippen molar-refractivity contribution in [2.45, 2.75) is 17.9 Å². The number of nitrogens with zero attached hydrogens (tertiary/aromatic N) is 2. The molecule has 8 heteroatoms. The second-order valence-electron chi connectivity index (χ2n) is 4.23. The highest BCUT2D eigenvalue weighted by Gasteiger charge is 2.28. The lowest BCUT2D eigenvalue weighted by molar-refractivity contribution is -0.117. The van der Waals surface area contributed by atoms with Crippen molar-refractivity contribution in [3.8, 4) is 11.4 Å². The van der Waals surface area contributed by atoms with Crippen LogP contribution in [0.25, 0.3) is 11.4 Å². The van der Waals surface area contributed by atoms with E-state index in [1.807, 2.05) is 6.07 Å². The first-order valence-electron chi connectivity index (χ1n) is 5.79. The Balaban J connectivity index is 2.21. The molecule has 1 atom stereocenters. The second-order valence-corrected chi connectivity index (χ2v) is 6.55. The van der Waals surface area contributed by atoms with Crippen LogP contribution in [0.5, 0.6) is 0 Å². The largest absolute Gasteiger partial charge is 0.369 e. The highest BCUT2D eigenvalue weighted by molar-refractivity contribution is 7.91. The van der Waals surface area contributed by atoms with Gasteiger partial charge in [0, 0.05) is 5.56 Å². The molecular formula is C12H13N3O4S. The van der Waals surface area contributed by atoms with Crippen molar-refractivity contribution in [1.29, 1.82) is 0 Å². The Hall–Kier alpha value is -2.22. The zero-order chi connectivity index (χ0) is 14.8. The lowest BCUT2D eigenvalue weighted by atomic mass is 10.2. The molecular weight excluding hydrogens is 282 g/mol. The summed E-state index contributed by atoms with van der Waals surface area (Å²) in [5.74, 6) is -1.20. The van der Waals surface area contributed by atoms with E-state index in [-0.39, 0.29) is 5.89 Å². The minimum absolute atomic E-state index is 0.0723. The summed E-state index contributed by atoms with van der Waals surface area (Å²) in [6, 6.07) is 8.99. The van der Waals surface area contributed by atoms with Crippen molar-refractivity contribution in [2.24, 2.45) is 5.73 Å². The Morgan fingerprint density at radius 2 is 2.00 bits per heavy atom. The molecule has 1 aromatic carbocycles. The Labute approximate surface area is 115 Å². The molecule has 0 spiro atoms. The Bertz CT molecular complexity index is 709. The standard InChI is InChI=1S/C12H13N3O4S/c1-8(11(13)16)20(17,18)7-10-14-12(15-19-10)9-5-3-2-4-6-9/h2-6,8H,7H2,1H3,(H2,13,16). The zero-order valence-corrected chi connectivity index (χ0v) is 11.5. The summed E-state index contributed by atoms with van der Waals surface area (Å²) < 4.78 is 28.6.